The van der Waals surface area contributed by atoms with Gasteiger partial charge in [0.05, 0.1) is 6.54 Å². The van der Waals surface area contributed by atoms with Crippen LogP contribution in [0.5, 0.6) is 0 Å². The van der Waals surface area contributed by atoms with Crippen molar-refractivity contribution in [3.63, 3.8) is 0 Å². The fraction of sp³-hybridized carbons (Fsp3) is 0.176. The Hall–Kier alpha value is -2.82. The van der Waals surface area contributed by atoms with Gasteiger partial charge in [-0.15, -0.1) is 0 Å². The van der Waals surface area contributed by atoms with E-state index in [-0.39, 0.29) is 5.91 Å². The van der Waals surface area contributed by atoms with E-state index >= 15 is 0 Å². The Morgan fingerprint density at radius 3 is 2.59 bits per heavy atom. The van der Waals surface area contributed by atoms with Gasteiger partial charge < -0.3 is 9.88 Å². The molecule has 0 atom stereocenters. The van der Waals surface area contributed by atoms with Crippen LogP contribution in [0.3, 0.4) is 0 Å². The Bertz CT molecular complexity index is 759. The molecule has 1 aromatic carbocycles. The summed E-state index contributed by atoms with van der Waals surface area (Å²) in [5.41, 5.74) is 2.91. The number of aromatic nitrogens is 3. The van der Waals surface area contributed by atoms with Crippen LogP contribution in [0, 0.1) is 0 Å². The van der Waals surface area contributed by atoms with Crippen molar-refractivity contribution in [1.29, 1.82) is 0 Å². The minimum absolute atomic E-state index is 0.0682. The summed E-state index contributed by atoms with van der Waals surface area (Å²) in [6, 6.07) is 13.7. The third kappa shape index (κ3) is 3.09. The molecule has 5 heteroatoms. The molecule has 0 fully saturated rings. The van der Waals surface area contributed by atoms with E-state index in [1.54, 1.807) is 6.20 Å². The molecule has 5 nitrogen and oxygen atoms in total. The van der Waals surface area contributed by atoms with Crippen molar-refractivity contribution in [3.8, 4) is 0 Å². The Balaban J connectivity index is 1.70. The van der Waals surface area contributed by atoms with Gasteiger partial charge in [-0.25, -0.2) is 0 Å². The van der Waals surface area contributed by atoms with Gasteiger partial charge in [0.2, 0.25) is 0 Å². The lowest BCUT2D eigenvalue weighted by Crippen LogP contribution is -2.25. The van der Waals surface area contributed by atoms with Gasteiger partial charge in [-0.3, -0.25) is 9.48 Å². The van der Waals surface area contributed by atoms with Crippen LogP contribution >= 0.6 is 0 Å². The second kappa shape index (κ2) is 6.30. The summed E-state index contributed by atoms with van der Waals surface area (Å²) in [5.74, 6) is -0.0682. The lowest BCUT2D eigenvalue weighted by molar-refractivity contribution is 0.0942. The number of aryl methyl sites for hydroxylation is 1. The van der Waals surface area contributed by atoms with E-state index in [1.165, 1.54) is 0 Å². The van der Waals surface area contributed by atoms with Crippen LogP contribution in [-0.4, -0.2) is 20.3 Å². The molecule has 0 aliphatic carbocycles. The molecule has 2 heterocycles. The van der Waals surface area contributed by atoms with Crippen molar-refractivity contribution in [3.05, 3.63) is 77.9 Å². The average molecular weight is 294 g/mol. The van der Waals surface area contributed by atoms with Crippen molar-refractivity contribution in [1.82, 2.24) is 19.7 Å². The Labute approximate surface area is 129 Å². The Morgan fingerprint density at radius 2 is 1.91 bits per heavy atom. The fourth-order valence-electron chi connectivity index (χ4n) is 2.42. The smallest absolute Gasteiger partial charge is 0.268 e. The number of hydrogen-bond donors (Lipinski definition) is 1. The van der Waals surface area contributed by atoms with Crippen LogP contribution in [-0.2, 0) is 20.1 Å². The minimum Gasteiger partial charge on any atom is -0.347 e. The number of carbonyl (C=O) groups is 1. The first kappa shape index (κ1) is 14.1. The molecule has 0 unspecified atom stereocenters. The first-order valence-corrected chi connectivity index (χ1v) is 7.18. The van der Waals surface area contributed by atoms with Gasteiger partial charge in [0.15, 0.2) is 0 Å². The van der Waals surface area contributed by atoms with E-state index < -0.39 is 0 Å². The summed E-state index contributed by atoms with van der Waals surface area (Å²) >= 11 is 0. The highest BCUT2D eigenvalue weighted by Crippen LogP contribution is 2.11. The highest BCUT2D eigenvalue weighted by molar-refractivity contribution is 5.92. The molecular weight excluding hydrogens is 276 g/mol. The normalized spacial score (nSPS) is 10.6. The summed E-state index contributed by atoms with van der Waals surface area (Å²) in [7, 11) is 1.86. The zero-order chi connectivity index (χ0) is 15.4. The predicted octanol–water partition coefficient (Wildman–Crippen LogP) is 2.20. The molecule has 0 aliphatic rings. The number of hydrogen-bond acceptors (Lipinski definition) is 2. The molecule has 0 spiro atoms. The molecule has 0 bridgehead atoms. The molecule has 1 amide bonds. The predicted molar refractivity (Wildman–Crippen MR) is 84.4 cm³/mol. The molecule has 2 aromatic heterocycles. The van der Waals surface area contributed by atoms with Crippen molar-refractivity contribution in [2.45, 2.75) is 13.1 Å². The lowest BCUT2D eigenvalue weighted by atomic mass is 10.1. The first-order valence-electron chi connectivity index (χ1n) is 7.18. The summed E-state index contributed by atoms with van der Waals surface area (Å²) < 4.78 is 3.68. The SMILES string of the molecule is Cn1cccc1C(=O)NCc1ccccc1Cn1cccn1. The summed E-state index contributed by atoms with van der Waals surface area (Å²) in [5, 5.41) is 7.20. The highest BCUT2D eigenvalue weighted by atomic mass is 16.1. The standard InChI is InChI=1S/C17H18N4O/c1-20-10-4-8-16(20)17(22)18-12-14-6-2-3-7-15(14)13-21-11-5-9-19-21/h2-11H,12-13H2,1H3,(H,18,22). The third-order valence-corrected chi connectivity index (χ3v) is 3.63. The van der Waals surface area contributed by atoms with Crippen LogP contribution in [0.15, 0.2) is 61.1 Å². The van der Waals surface area contributed by atoms with Crippen molar-refractivity contribution in [2.75, 3.05) is 0 Å². The second-order valence-corrected chi connectivity index (χ2v) is 5.16. The van der Waals surface area contributed by atoms with E-state index in [2.05, 4.69) is 16.5 Å². The maximum atomic E-state index is 12.2. The summed E-state index contributed by atoms with van der Waals surface area (Å²) in [4.78, 5) is 12.2. The molecule has 1 N–H and O–H groups in total. The first-order chi connectivity index (χ1) is 10.7. The summed E-state index contributed by atoms with van der Waals surface area (Å²) in [6.07, 6.45) is 5.56. The quantitative estimate of drug-likeness (QED) is 0.784. The van der Waals surface area contributed by atoms with E-state index in [9.17, 15) is 4.79 Å². The average Bonchev–Trinajstić information content (AvgIpc) is 3.17. The molecule has 22 heavy (non-hydrogen) atoms. The topological polar surface area (TPSA) is 51.9 Å². The number of amides is 1. The maximum absolute atomic E-state index is 12.2. The monoisotopic (exact) mass is 294 g/mol. The van der Waals surface area contributed by atoms with Crippen LogP contribution in [0.1, 0.15) is 21.6 Å². The fourth-order valence-corrected chi connectivity index (χ4v) is 2.42. The van der Waals surface area contributed by atoms with Crippen LogP contribution < -0.4 is 5.32 Å². The molecule has 0 aliphatic heterocycles. The minimum atomic E-state index is -0.0682. The number of rotatable bonds is 5. The van der Waals surface area contributed by atoms with E-state index in [0.29, 0.717) is 18.8 Å². The van der Waals surface area contributed by atoms with Crippen LogP contribution in [0.25, 0.3) is 0 Å². The molecule has 0 saturated heterocycles. The van der Waals surface area contributed by atoms with Gasteiger partial charge in [0, 0.05) is 32.2 Å². The van der Waals surface area contributed by atoms with E-state index in [1.807, 2.05) is 65.1 Å². The lowest BCUT2D eigenvalue weighted by Gasteiger charge is -2.11. The summed E-state index contributed by atoms with van der Waals surface area (Å²) in [6.45, 7) is 1.20. The third-order valence-electron chi connectivity index (χ3n) is 3.63. The van der Waals surface area contributed by atoms with E-state index in [4.69, 9.17) is 0 Å². The molecule has 0 saturated carbocycles. The molecule has 3 rings (SSSR count). The Kier molecular flexibility index (Phi) is 4.05. The number of nitrogens with zero attached hydrogens (tertiary/aromatic N) is 3. The van der Waals surface area contributed by atoms with Crippen molar-refractivity contribution < 1.29 is 4.79 Å². The molecule has 3 aromatic rings. The van der Waals surface area contributed by atoms with Gasteiger partial charge in [-0.05, 0) is 29.3 Å². The Morgan fingerprint density at radius 1 is 1.09 bits per heavy atom. The van der Waals surface area contributed by atoms with Gasteiger partial charge in [-0.2, -0.15) is 5.10 Å². The van der Waals surface area contributed by atoms with Gasteiger partial charge >= 0.3 is 0 Å². The van der Waals surface area contributed by atoms with Gasteiger partial charge in [0.25, 0.3) is 5.91 Å². The van der Waals surface area contributed by atoms with Gasteiger partial charge in [0.1, 0.15) is 5.69 Å². The zero-order valence-electron chi connectivity index (χ0n) is 12.4. The second-order valence-electron chi connectivity index (χ2n) is 5.16. The number of nitrogens with one attached hydrogen (secondary N) is 1. The molecular formula is C17H18N4O. The highest BCUT2D eigenvalue weighted by Gasteiger charge is 2.09. The maximum Gasteiger partial charge on any atom is 0.268 e. The largest absolute Gasteiger partial charge is 0.347 e. The van der Waals surface area contributed by atoms with Crippen molar-refractivity contribution >= 4 is 5.91 Å². The number of benzene rings is 1. The van der Waals surface area contributed by atoms with E-state index in [0.717, 1.165) is 11.1 Å². The van der Waals surface area contributed by atoms with Crippen molar-refractivity contribution in [2.24, 2.45) is 7.05 Å². The zero-order valence-corrected chi connectivity index (χ0v) is 12.4. The van der Waals surface area contributed by atoms with Gasteiger partial charge in [-0.1, -0.05) is 24.3 Å². The number of carbonyl (C=O) groups excluding carboxylic acids is 1. The van der Waals surface area contributed by atoms with Crippen LogP contribution in [0.4, 0.5) is 0 Å². The van der Waals surface area contributed by atoms with Crippen LogP contribution in [0.2, 0.25) is 0 Å². The molecule has 0 radical (unpaired) electrons. The molecule has 112 valence electrons.